The van der Waals surface area contributed by atoms with Crippen LogP contribution in [0.25, 0.3) is 0 Å². The van der Waals surface area contributed by atoms with Crippen LogP contribution in [0.15, 0.2) is 30.6 Å². The van der Waals surface area contributed by atoms with Crippen LogP contribution in [-0.4, -0.2) is 27.6 Å². The average Bonchev–Trinajstić information content (AvgIpc) is 2.77. The fraction of sp³-hybridized carbons (Fsp3) is 0.333. The summed E-state index contributed by atoms with van der Waals surface area (Å²) >= 11 is 0. The minimum absolute atomic E-state index is 0.0342. The van der Waals surface area contributed by atoms with E-state index in [4.69, 9.17) is 0 Å². The van der Waals surface area contributed by atoms with Gasteiger partial charge in [0.05, 0.1) is 6.20 Å². The molecule has 0 aliphatic heterocycles. The number of rotatable bonds is 3. The average molecular weight is 257 g/mol. The summed E-state index contributed by atoms with van der Waals surface area (Å²) in [7, 11) is 3.68. The second-order valence-electron chi connectivity index (χ2n) is 4.98. The van der Waals surface area contributed by atoms with E-state index in [1.54, 1.807) is 15.8 Å². The molecule has 0 atom stereocenters. The van der Waals surface area contributed by atoms with Gasteiger partial charge in [-0.1, -0.05) is 6.07 Å². The first-order valence-corrected chi connectivity index (χ1v) is 6.27. The van der Waals surface area contributed by atoms with Gasteiger partial charge in [0.2, 0.25) is 0 Å². The zero-order valence-corrected chi connectivity index (χ0v) is 11.8. The molecule has 100 valence electrons. The third kappa shape index (κ3) is 3.02. The van der Waals surface area contributed by atoms with E-state index in [0.717, 1.165) is 16.7 Å². The fourth-order valence-electron chi connectivity index (χ4n) is 1.99. The molecule has 0 saturated heterocycles. The lowest BCUT2D eigenvalue weighted by atomic mass is 10.1. The molecule has 0 spiro atoms. The normalized spacial score (nSPS) is 10.5. The zero-order valence-electron chi connectivity index (χ0n) is 11.8. The van der Waals surface area contributed by atoms with E-state index in [0.29, 0.717) is 6.54 Å². The first-order chi connectivity index (χ1) is 8.97. The lowest BCUT2D eigenvalue weighted by molar-refractivity contribution is 0.0785. The number of carbonyl (C=O) groups is 1. The molecule has 1 aromatic heterocycles. The summed E-state index contributed by atoms with van der Waals surface area (Å²) in [5.41, 5.74) is 4.10. The van der Waals surface area contributed by atoms with Crippen molar-refractivity contribution in [1.82, 2.24) is 14.7 Å². The second kappa shape index (κ2) is 5.26. The molecule has 1 amide bonds. The van der Waals surface area contributed by atoms with Gasteiger partial charge in [-0.2, -0.15) is 5.10 Å². The van der Waals surface area contributed by atoms with Gasteiger partial charge in [0.1, 0.15) is 0 Å². The SMILES string of the molecule is Cc1ccc(C(=O)N(C)Cc2cnn(C)c2)cc1C. The summed E-state index contributed by atoms with van der Waals surface area (Å²) in [5, 5.41) is 4.11. The number of aryl methyl sites for hydroxylation is 3. The van der Waals surface area contributed by atoms with Crippen LogP contribution in [0.1, 0.15) is 27.0 Å². The molecule has 0 aliphatic carbocycles. The number of amides is 1. The van der Waals surface area contributed by atoms with E-state index in [9.17, 15) is 4.79 Å². The second-order valence-corrected chi connectivity index (χ2v) is 4.98. The van der Waals surface area contributed by atoms with Crippen LogP contribution in [0.2, 0.25) is 0 Å². The largest absolute Gasteiger partial charge is 0.337 e. The van der Waals surface area contributed by atoms with Crippen LogP contribution >= 0.6 is 0 Å². The van der Waals surface area contributed by atoms with Gasteiger partial charge in [-0.3, -0.25) is 9.48 Å². The summed E-state index contributed by atoms with van der Waals surface area (Å²) in [6.45, 7) is 4.63. The van der Waals surface area contributed by atoms with Gasteiger partial charge in [0.15, 0.2) is 0 Å². The quantitative estimate of drug-likeness (QED) is 0.846. The molecule has 2 aromatic rings. The summed E-state index contributed by atoms with van der Waals surface area (Å²) in [6.07, 6.45) is 3.70. The third-order valence-corrected chi connectivity index (χ3v) is 3.28. The van der Waals surface area contributed by atoms with Crippen LogP contribution < -0.4 is 0 Å². The molecule has 0 unspecified atom stereocenters. The number of nitrogens with zero attached hydrogens (tertiary/aromatic N) is 3. The van der Waals surface area contributed by atoms with Crippen molar-refractivity contribution in [3.63, 3.8) is 0 Å². The summed E-state index contributed by atoms with van der Waals surface area (Å²) in [5.74, 6) is 0.0342. The Labute approximate surface area is 113 Å². The van der Waals surface area contributed by atoms with Crippen LogP contribution in [0.3, 0.4) is 0 Å². The lowest BCUT2D eigenvalue weighted by Crippen LogP contribution is -2.26. The molecule has 0 saturated carbocycles. The van der Waals surface area contributed by atoms with Crippen molar-refractivity contribution in [2.75, 3.05) is 7.05 Å². The number of hydrogen-bond donors (Lipinski definition) is 0. The molecular formula is C15H19N3O. The van der Waals surface area contributed by atoms with Gasteiger partial charge in [-0.15, -0.1) is 0 Å². The van der Waals surface area contributed by atoms with Crippen molar-refractivity contribution in [3.8, 4) is 0 Å². The van der Waals surface area contributed by atoms with Crippen LogP contribution in [0, 0.1) is 13.8 Å². The highest BCUT2D eigenvalue weighted by atomic mass is 16.2. The Morgan fingerprint density at radius 2 is 2.05 bits per heavy atom. The highest BCUT2D eigenvalue weighted by Crippen LogP contribution is 2.13. The molecule has 0 radical (unpaired) electrons. The molecule has 2 rings (SSSR count). The van der Waals surface area contributed by atoms with E-state index in [-0.39, 0.29) is 5.91 Å². The van der Waals surface area contributed by atoms with Crippen molar-refractivity contribution in [2.45, 2.75) is 20.4 Å². The van der Waals surface area contributed by atoms with Gasteiger partial charge < -0.3 is 4.90 Å². The van der Waals surface area contributed by atoms with Crippen molar-refractivity contribution in [2.24, 2.45) is 7.05 Å². The predicted octanol–water partition coefficient (Wildman–Crippen LogP) is 2.31. The summed E-state index contributed by atoms with van der Waals surface area (Å²) in [6, 6.07) is 5.81. The number of carbonyl (C=O) groups excluding carboxylic acids is 1. The predicted molar refractivity (Wildman–Crippen MR) is 74.9 cm³/mol. The van der Waals surface area contributed by atoms with Gasteiger partial charge in [-0.25, -0.2) is 0 Å². The van der Waals surface area contributed by atoms with E-state index in [1.807, 2.05) is 52.3 Å². The lowest BCUT2D eigenvalue weighted by Gasteiger charge is -2.16. The van der Waals surface area contributed by atoms with Crippen LogP contribution in [0.4, 0.5) is 0 Å². The maximum Gasteiger partial charge on any atom is 0.253 e. The van der Waals surface area contributed by atoms with Crippen LogP contribution in [-0.2, 0) is 13.6 Å². The van der Waals surface area contributed by atoms with Crippen LogP contribution in [0.5, 0.6) is 0 Å². The molecule has 1 aromatic carbocycles. The maximum atomic E-state index is 12.3. The van der Waals surface area contributed by atoms with E-state index in [1.165, 1.54) is 5.56 Å². The van der Waals surface area contributed by atoms with Crippen molar-refractivity contribution < 1.29 is 4.79 Å². The first-order valence-electron chi connectivity index (χ1n) is 6.27. The Hall–Kier alpha value is -2.10. The van der Waals surface area contributed by atoms with Crippen molar-refractivity contribution in [3.05, 3.63) is 52.8 Å². The Balaban J connectivity index is 2.12. The van der Waals surface area contributed by atoms with Gasteiger partial charge >= 0.3 is 0 Å². The number of aromatic nitrogens is 2. The molecular weight excluding hydrogens is 238 g/mol. The monoisotopic (exact) mass is 257 g/mol. The first kappa shape index (κ1) is 13.3. The highest BCUT2D eigenvalue weighted by molar-refractivity contribution is 5.94. The number of benzene rings is 1. The van der Waals surface area contributed by atoms with E-state index in [2.05, 4.69) is 5.10 Å². The summed E-state index contributed by atoms with van der Waals surface area (Å²) < 4.78 is 1.74. The molecule has 4 nitrogen and oxygen atoms in total. The molecule has 4 heteroatoms. The summed E-state index contributed by atoms with van der Waals surface area (Å²) in [4.78, 5) is 14.0. The van der Waals surface area contributed by atoms with Crippen molar-refractivity contribution >= 4 is 5.91 Å². The smallest absolute Gasteiger partial charge is 0.253 e. The Morgan fingerprint density at radius 1 is 1.32 bits per heavy atom. The molecule has 0 aliphatic rings. The van der Waals surface area contributed by atoms with Gasteiger partial charge in [0, 0.05) is 38.0 Å². The fourth-order valence-corrected chi connectivity index (χ4v) is 1.99. The Bertz CT molecular complexity index is 601. The maximum absolute atomic E-state index is 12.3. The third-order valence-electron chi connectivity index (χ3n) is 3.28. The van der Waals surface area contributed by atoms with Crippen molar-refractivity contribution in [1.29, 1.82) is 0 Å². The van der Waals surface area contributed by atoms with Gasteiger partial charge in [0.25, 0.3) is 5.91 Å². The minimum atomic E-state index is 0.0342. The van der Waals surface area contributed by atoms with Gasteiger partial charge in [-0.05, 0) is 37.1 Å². The topological polar surface area (TPSA) is 38.1 Å². The molecule has 0 fully saturated rings. The minimum Gasteiger partial charge on any atom is -0.337 e. The number of hydrogen-bond acceptors (Lipinski definition) is 2. The Kier molecular flexibility index (Phi) is 3.69. The zero-order chi connectivity index (χ0) is 14.0. The molecule has 0 bridgehead atoms. The standard InChI is InChI=1S/C15H19N3O/c1-11-5-6-14(7-12(11)2)15(19)17(3)9-13-8-16-18(4)10-13/h5-8,10H,9H2,1-4H3. The molecule has 0 N–H and O–H groups in total. The Morgan fingerprint density at radius 3 is 2.63 bits per heavy atom. The van der Waals surface area contributed by atoms with E-state index >= 15 is 0 Å². The molecule has 1 heterocycles. The molecule has 19 heavy (non-hydrogen) atoms. The highest BCUT2D eigenvalue weighted by Gasteiger charge is 2.13. The van der Waals surface area contributed by atoms with E-state index < -0.39 is 0 Å².